The van der Waals surface area contributed by atoms with E-state index < -0.39 is 11.6 Å². The predicted molar refractivity (Wildman–Crippen MR) is 85.2 cm³/mol. The molecular weight excluding hydrogens is 338 g/mol. The second-order valence-electron chi connectivity index (χ2n) is 6.93. The Morgan fingerprint density at radius 3 is 2.62 bits per heavy atom. The molecule has 5 heteroatoms. The van der Waals surface area contributed by atoms with Crippen LogP contribution in [0.2, 0.25) is 0 Å². The number of piperazine rings is 1. The molecular formula is C16H23BrF2N2. The van der Waals surface area contributed by atoms with E-state index in [9.17, 15) is 8.78 Å². The lowest BCUT2D eigenvalue weighted by Crippen LogP contribution is -2.59. The highest BCUT2D eigenvalue weighted by atomic mass is 79.9. The summed E-state index contributed by atoms with van der Waals surface area (Å²) in [6.07, 6.45) is 0. The summed E-state index contributed by atoms with van der Waals surface area (Å²) in [6.45, 7) is 10.5. The number of nitrogens with one attached hydrogen (secondary N) is 1. The zero-order valence-corrected chi connectivity index (χ0v) is 14.6. The fourth-order valence-electron chi connectivity index (χ4n) is 2.64. The van der Waals surface area contributed by atoms with Crippen LogP contribution in [0.1, 0.15) is 33.3 Å². The zero-order chi connectivity index (χ0) is 15.8. The molecule has 1 aliphatic heterocycles. The van der Waals surface area contributed by atoms with Gasteiger partial charge in [-0.25, -0.2) is 8.78 Å². The fraction of sp³-hybridized carbons (Fsp3) is 0.625. The Hall–Kier alpha value is -0.520. The van der Waals surface area contributed by atoms with Crippen molar-refractivity contribution in [3.63, 3.8) is 0 Å². The van der Waals surface area contributed by atoms with E-state index in [1.54, 1.807) is 0 Å². The Morgan fingerprint density at radius 1 is 1.33 bits per heavy atom. The lowest BCUT2D eigenvalue weighted by atomic mass is 9.84. The minimum absolute atomic E-state index is 0.118. The van der Waals surface area contributed by atoms with Gasteiger partial charge >= 0.3 is 0 Å². The van der Waals surface area contributed by atoms with E-state index in [0.717, 1.165) is 13.1 Å². The maximum absolute atomic E-state index is 14.1. The molecule has 2 rings (SSSR count). The third kappa shape index (κ3) is 3.82. The van der Waals surface area contributed by atoms with Crippen molar-refractivity contribution in [3.05, 3.63) is 33.8 Å². The topological polar surface area (TPSA) is 15.3 Å². The smallest absolute Gasteiger partial charge is 0.144 e. The van der Waals surface area contributed by atoms with Gasteiger partial charge < -0.3 is 5.32 Å². The Bertz CT molecular complexity index is 514. The second-order valence-corrected chi connectivity index (χ2v) is 7.78. The van der Waals surface area contributed by atoms with Gasteiger partial charge in [-0.2, -0.15) is 0 Å². The van der Waals surface area contributed by atoms with Crippen LogP contribution in [0.15, 0.2) is 16.6 Å². The normalized spacial score (nSPS) is 24.3. The predicted octanol–water partition coefficient (Wildman–Crippen LogP) is 3.94. The molecule has 1 saturated heterocycles. The van der Waals surface area contributed by atoms with Crippen molar-refractivity contribution in [1.29, 1.82) is 0 Å². The molecule has 1 aromatic carbocycles. The van der Waals surface area contributed by atoms with E-state index in [1.807, 2.05) is 0 Å². The second kappa shape index (κ2) is 6.31. The standard InChI is InChI=1S/C16H23BrF2N2/c1-10-7-20-14(16(2,3)4)9-21(10)8-11-13(18)6-5-12(17)15(11)19/h5-6,10,14,20H,7-9H2,1-4H3. The van der Waals surface area contributed by atoms with Crippen molar-refractivity contribution in [2.24, 2.45) is 5.41 Å². The van der Waals surface area contributed by atoms with Crippen LogP contribution in [0.25, 0.3) is 0 Å². The Kier molecular flexibility index (Phi) is 5.06. The lowest BCUT2D eigenvalue weighted by molar-refractivity contribution is 0.0858. The summed E-state index contributed by atoms with van der Waals surface area (Å²) in [5.41, 5.74) is 0.262. The maximum atomic E-state index is 14.1. The van der Waals surface area contributed by atoms with Crippen molar-refractivity contribution in [3.8, 4) is 0 Å². The van der Waals surface area contributed by atoms with Gasteiger partial charge in [0.05, 0.1) is 4.47 Å². The van der Waals surface area contributed by atoms with Crippen LogP contribution in [0.4, 0.5) is 8.78 Å². The number of rotatable bonds is 2. The van der Waals surface area contributed by atoms with Gasteiger partial charge in [0, 0.05) is 37.3 Å². The Balaban J connectivity index is 2.20. The van der Waals surface area contributed by atoms with Gasteiger partial charge in [0.2, 0.25) is 0 Å². The summed E-state index contributed by atoms with van der Waals surface area (Å²) in [5, 5.41) is 3.53. The summed E-state index contributed by atoms with van der Waals surface area (Å²) >= 11 is 3.13. The monoisotopic (exact) mass is 360 g/mol. The molecule has 1 heterocycles. The average molecular weight is 361 g/mol. The summed E-state index contributed by atoms with van der Waals surface area (Å²) in [6, 6.07) is 3.29. The minimum atomic E-state index is -0.493. The van der Waals surface area contributed by atoms with Gasteiger partial charge in [-0.05, 0) is 40.4 Å². The molecule has 1 aliphatic rings. The molecule has 118 valence electrons. The first-order valence-corrected chi connectivity index (χ1v) is 8.09. The molecule has 0 saturated carbocycles. The lowest BCUT2D eigenvalue weighted by Gasteiger charge is -2.44. The van der Waals surface area contributed by atoms with Crippen LogP contribution in [-0.2, 0) is 6.54 Å². The van der Waals surface area contributed by atoms with Gasteiger partial charge in [0.15, 0.2) is 0 Å². The summed E-state index contributed by atoms with van der Waals surface area (Å²) in [7, 11) is 0. The molecule has 1 fully saturated rings. The van der Waals surface area contributed by atoms with Crippen molar-refractivity contribution in [2.45, 2.75) is 46.3 Å². The molecule has 1 aromatic rings. The number of benzene rings is 1. The third-order valence-electron chi connectivity index (χ3n) is 4.25. The van der Waals surface area contributed by atoms with Crippen LogP contribution in [0.3, 0.4) is 0 Å². The molecule has 2 atom stereocenters. The third-order valence-corrected chi connectivity index (χ3v) is 4.86. The van der Waals surface area contributed by atoms with Crippen molar-refractivity contribution < 1.29 is 8.78 Å². The van der Waals surface area contributed by atoms with Crippen LogP contribution >= 0.6 is 15.9 Å². The first kappa shape index (κ1) is 16.8. The molecule has 0 radical (unpaired) electrons. The van der Waals surface area contributed by atoms with Gasteiger partial charge in [0.25, 0.3) is 0 Å². The maximum Gasteiger partial charge on any atom is 0.144 e. The van der Waals surface area contributed by atoms with E-state index in [-0.39, 0.29) is 17.0 Å². The Labute approximate surface area is 134 Å². The van der Waals surface area contributed by atoms with Gasteiger partial charge in [-0.3, -0.25) is 4.90 Å². The summed E-state index contributed by atoms with van der Waals surface area (Å²) in [4.78, 5) is 2.15. The van der Waals surface area contributed by atoms with Crippen molar-refractivity contribution in [2.75, 3.05) is 13.1 Å². The molecule has 0 aromatic heterocycles. The van der Waals surface area contributed by atoms with Crippen LogP contribution < -0.4 is 5.32 Å². The zero-order valence-electron chi connectivity index (χ0n) is 13.0. The number of hydrogen-bond acceptors (Lipinski definition) is 2. The SMILES string of the molecule is CC1CNC(C(C)(C)C)CN1Cc1c(F)ccc(Br)c1F. The molecule has 2 nitrogen and oxygen atoms in total. The number of nitrogens with zero attached hydrogens (tertiary/aromatic N) is 1. The summed E-state index contributed by atoms with van der Waals surface area (Å²) < 4.78 is 28.4. The highest BCUT2D eigenvalue weighted by molar-refractivity contribution is 9.10. The molecule has 21 heavy (non-hydrogen) atoms. The van der Waals surface area contributed by atoms with E-state index in [0.29, 0.717) is 17.1 Å². The van der Waals surface area contributed by atoms with Crippen LogP contribution in [0.5, 0.6) is 0 Å². The highest BCUT2D eigenvalue weighted by Crippen LogP contribution is 2.27. The Morgan fingerprint density at radius 2 is 2.00 bits per heavy atom. The van der Waals surface area contributed by atoms with Crippen LogP contribution in [-0.4, -0.2) is 30.1 Å². The van der Waals surface area contributed by atoms with Crippen LogP contribution in [0, 0.1) is 17.0 Å². The average Bonchev–Trinajstić information content (AvgIpc) is 2.40. The first-order valence-electron chi connectivity index (χ1n) is 7.30. The van der Waals surface area contributed by atoms with E-state index in [1.165, 1.54) is 12.1 Å². The molecule has 0 aliphatic carbocycles. The van der Waals surface area contributed by atoms with Crippen molar-refractivity contribution in [1.82, 2.24) is 10.2 Å². The van der Waals surface area contributed by atoms with Crippen molar-refractivity contribution >= 4 is 15.9 Å². The van der Waals surface area contributed by atoms with E-state index >= 15 is 0 Å². The number of halogens is 3. The largest absolute Gasteiger partial charge is 0.311 e. The van der Waals surface area contributed by atoms with E-state index in [4.69, 9.17) is 0 Å². The quantitative estimate of drug-likeness (QED) is 0.803. The van der Waals surface area contributed by atoms with Gasteiger partial charge in [-0.15, -0.1) is 0 Å². The molecule has 1 N–H and O–H groups in total. The van der Waals surface area contributed by atoms with Gasteiger partial charge in [-0.1, -0.05) is 20.8 Å². The first-order chi connectivity index (χ1) is 9.70. The number of hydrogen-bond donors (Lipinski definition) is 1. The molecule has 0 amide bonds. The van der Waals surface area contributed by atoms with Gasteiger partial charge in [0.1, 0.15) is 11.6 Å². The minimum Gasteiger partial charge on any atom is -0.311 e. The highest BCUT2D eigenvalue weighted by Gasteiger charge is 2.33. The molecule has 2 unspecified atom stereocenters. The molecule has 0 spiro atoms. The summed E-state index contributed by atoms with van der Waals surface area (Å²) in [5.74, 6) is -0.971. The fourth-order valence-corrected chi connectivity index (χ4v) is 3.01. The molecule has 0 bridgehead atoms. The van der Waals surface area contributed by atoms with E-state index in [2.05, 4.69) is 53.8 Å².